The van der Waals surface area contributed by atoms with E-state index >= 15 is 0 Å². The summed E-state index contributed by atoms with van der Waals surface area (Å²) in [6.45, 7) is 5.79. The molecule has 0 aliphatic rings. The number of rotatable bonds is 3. The molecule has 0 amide bonds. The maximum absolute atomic E-state index is 14.3. The quantitative estimate of drug-likeness (QED) is 0.655. The van der Waals surface area contributed by atoms with Crippen LogP contribution in [-0.4, -0.2) is 0 Å². The molecule has 3 N–H and O–H groups in total. The van der Waals surface area contributed by atoms with E-state index in [0.29, 0.717) is 5.56 Å². The van der Waals surface area contributed by atoms with Crippen LogP contribution in [0.15, 0.2) is 34.8 Å². The van der Waals surface area contributed by atoms with Gasteiger partial charge in [0.15, 0.2) is 0 Å². The first-order valence-corrected chi connectivity index (χ1v) is 7.21. The molecule has 1 unspecified atom stereocenters. The van der Waals surface area contributed by atoms with Crippen LogP contribution in [0, 0.1) is 26.6 Å². The predicted molar refractivity (Wildman–Crippen MR) is 83.9 cm³/mol. The average Bonchev–Trinajstić information content (AvgIpc) is 2.32. The Hall–Kier alpha value is -1.23. The van der Waals surface area contributed by atoms with Crippen LogP contribution in [0.3, 0.4) is 0 Å². The molecule has 2 nitrogen and oxygen atoms in total. The number of aryl methyl sites for hydroxylation is 3. The summed E-state index contributed by atoms with van der Waals surface area (Å²) >= 11 is 3.47. The van der Waals surface area contributed by atoms with Crippen LogP contribution in [0.5, 0.6) is 0 Å². The van der Waals surface area contributed by atoms with Gasteiger partial charge >= 0.3 is 0 Å². The van der Waals surface area contributed by atoms with E-state index in [0.717, 1.165) is 26.7 Å². The fourth-order valence-electron chi connectivity index (χ4n) is 2.57. The van der Waals surface area contributed by atoms with Gasteiger partial charge in [-0.1, -0.05) is 28.1 Å². The molecule has 0 saturated heterocycles. The van der Waals surface area contributed by atoms with Crippen molar-refractivity contribution in [3.8, 4) is 0 Å². The Morgan fingerprint density at radius 3 is 2.25 bits per heavy atom. The molecule has 106 valence electrons. The molecule has 0 bridgehead atoms. The summed E-state index contributed by atoms with van der Waals surface area (Å²) in [5.41, 5.74) is 7.15. The summed E-state index contributed by atoms with van der Waals surface area (Å²) in [5, 5.41) is 0. The highest BCUT2D eigenvalue weighted by atomic mass is 79.9. The van der Waals surface area contributed by atoms with Gasteiger partial charge in [0.2, 0.25) is 0 Å². The highest BCUT2D eigenvalue weighted by Gasteiger charge is 2.20. The number of nitrogens with one attached hydrogen (secondary N) is 1. The standard InChI is InChI=1S/C16H18BrFN2/c1-9-4-11(3)15(14(18)7-9)16(20-19)12-5-10(2)6-13(17)8-12/h4-8,16,20H,19H2,1-3H3. The van der Waals surface area contributed by atoms with E-state index in [1.807, 2.05) is 45.0 Å². The molecule has 2 aromatic rings. The van der Waals surface area contributed by atoms with E-state index in [9.17, 15) is 4.39 Å². The molecule has 0 aromatic heterocycles. The van der Waals surface area contributed by atoms with Gasteiger partial charge in [-0.15, -0.1) is 0 Å². The molecular formula is C16H18BrFN2. The van der Waals surface area contributed by atoms with Crippen molar-refractivity contribution in [2.75, 3.05) is 0 Å². The van der Waals surface area contributed by atoms with Gasteiger partial charge in [-0.3, -0.25) is 5.84 Å². The summed E-state index contributed by atoms with van der Waals surface area (Å²) in [5.74, 6) is 5.45. The zero-order valence-electron chi connectivity index (χ0n) is 11.8. The third-order valence-corrected chi connectivity index (χ3v) is 3.79. The van der Waals surface area contributed by atoms with Crippen LogP contribution in [-0.2, 0) is 0 Å². The molecule has 2 rings (SSSR count). The van der Waals surface area contributed by atoms with Crippen molar-refractivity contribution in [3.63, 3.8) is 0 Å². The molecule has 4 heteroatoms. The Balaban J connectivity index is 2.58. The van der Waals surface area contributed by atoms with E-state index in [1.165, 1.54) is 6.07 Å². The summed E-state index contributed by atoms with van der Waals surface area (Å²) < 4.78 is 15.3. The number of hydrogen-bond acceptors (Lipinski definition) is 2. The van der Waals surface area contributed by atoms with Gasteiger partial charge in [-0.05, 0) is 61.2 Å². The number of hydrogen-bond donors (Lipinski definition) is 2. The van der Waals surface area contributed by atoms with E-state index in [4.69, 9.17) is 5.84 Å². The lowest BCUT2D eigenvalue weighted by molar-refractivity contribution is 0.556. The van der Waals surface area contributed by atoms with E-state index in [2.05, 4.69) is 21.4 Å². The Labute approximate surface area is 127 Å². The average molecular weight is 337 g/mol. The van der Waals surface area contributed by atoms with E-state index in [-0.39, 0.29) is 11.9 Å². The van der Waals surface area contributed by atoms with Crippen LogP contribution in [0.25, 0.3) is 0 Å². The van der Waals surface area contributed by atoms with Gasteiger partial charge in [-0.2, -0.15) is 0 Å². The maximum Gasteiger partial charge on any atom is 0.128 e. The first kappa shape index (κ1) is 15.2. The highest BCUT2D eigenvalue weighted by Crippen LogP contribution is 2.30. The molecule has 0 fully saturated rings. The summed E-state index contributed by atoms with van der Waals surface area (Å²) in [4.78, 5) is 0. The van der Waals surface area contributed by atoms with Crippen molar-refractivity contribution in [1.29, 1.82) is 0 Å². The fourth-order valence-corrected chi connectivity index (χ4v) is 3.20. The number of benzene rings is 2. The molecule has 20 heavy (non-hydrogen) atoms. The SMILES string of the molecule is Cc1cc(Br)cc(C(NN)c2c(C)cc(C)cc2F)c1. The fraction of sp³-hybridized carbons (Fsp3) is 0.250. The Morgan fingerprint density at radius 1 is 1.05 bits per heavy atom. The van der Waals surface area contributed by atoms with Gasteiger partial charge < -0.3 is 0 Å². The summed E-state index contributed by atoms with van der Waals surface area (Å²) in [6.07, 6.45) is 0. The molecule has 2 aromatic carbocycles. The lowest BCUT2D eigenvalue weighted by atomic mass is 9.93. The molecule has 0 aliphatic heterocycles. The van der Waals surface area contributed by atoms with E-state index < -0.39 is 0 Å². The number of halogens is 2. The zero-order chi connectivity index (χ0) is 14.9. The minimum atomic E-state index is -0.369. The van der Waals surface area contributed by atoms with Crippen molar-refractivity contribution in [1.82, 2.24) is 5.43 Å². The summed E-state index contributed by atoms with van der Waals surface area (Å²) in [6, 6.07) is 9.11. The van der Waals surface area contributed by atoms with Crippen LogP contribution >= 0.6 is 15.9 Å². The van der Waals surface area contributed by atoms with Crippen molar-refractivity contribution in [2.45, 2.75) is 26.8 Å². The molecular weight excluding hydrogens is 319 g/mol. The topological polar surface area (TPSA) is 38.0 Å². The second-order valence-corrected chi connectivity index (χ2v) is 6.05. The minimum Gasteiger partial charge on any atom is -0.271 e. The number of nitrogens with two attached hydrogens (primary N) is 1. The largest absolute Gasteiger partial charge is 0.271 e. The molecule has 0 radical (unpaired) electrons. The lowest BCUT2D eigenvalue weighted by Gasteiger charge is -2.21. The third kappa shape index (κ3) is 3.08. The predicted octanol–water partition coefficient (Wildman–Crippen LogP) is 4.07. The van der Waals surface area contributed by atoms with E-state index in [1.54, 1.807) is 0 Å². The monoisotopic (exact) mass is 336 g/mol. The van der Waals surface area contributed by atoms with Crippen molar-refractivity contribution in [2.24, 2.45) is 5.84 Å². The van der Waals surface area contributed by atoms with Crippen LogP contribution in [0.2, 0.25) is 0 Å². The number of hydrazine groups is 1. The second-order valence-electron chi connectivity index (χ2n) is 5.14. The van der Waals surface area contributed by atoms with Gasteiger partial charge in [0.25, 0.3) is 0 Å². The minimum absolute atomic E-state index is 0.233. The summed E-state index contributed by atoms with van der Waals surface area (Å²) in [7, 11) is 0. The van der Waals surface area contributed by atoms with Gasteiger partial charge in [-0.25, -0.2) is 9.82 Å². The Kier molecular flexibility index (Phi) is 4.58. The van der Waals surface area contributed by atoms with Gasteiger partial charge in [0.05, 0.1) is 6.04 Å². The molecule has 0 spiro atoms. The Morgan fingerprint density at radius 2 is 1.70 bits per heavy atom. The van der Waals surface area contributed by atoms with Crippen molar-refractivity contribution in [3.05, 3.63) is 68.4 Å². The second kappa shape index (κ2) is 6.04. The van der Waals surface area contributed by atoms with Crippen LogP contribution < -0.4 is 11.3 Å². The third-order valence-electron chi connectivity index (χ3n) is 3.33. The first-order valence-electron chi connectivity index (χ1n) is 6.42. The highest BCUT2D eigenvalue weighted by molar-refractivity contribution is 9.10. The zero-order valence-corrected chi connectivity index (χ0v) is 13.4. The Bertz CT molecular complexity index is 597. The normalized spacial score (nSPS) is 12.5. The smallest absolute Gasteiger partial charge is 0.128 e. The van der Waals surface area contributed by atoms with Gasteiger partial charge in [0.1, 0.15) is 5.82 Å². The van der Waals surface area contributed by atoms with Crippen LogP contribution in [0.1, 0.15) is 33.9 Å². The first-order chi connectivity index (χ1) is 9.42. The lowest BCUT2D eigenvalue weighted by Crippen LogP contribution is -2.30. The van der Waals surface area contributed by atoms with Crippen molar-refractivity contribution >= 4 is 15.9 Å². The maximum atomic E-state index is 14.3. The molecule has 0 saturated carbocycles. The molecule has 0 aliphatic carbocycles. The van der Waals surface area contributed by atoms with Crippen LogP contribution in [0.4, 0.5) is 4.39 Å². The molecule has 0 heterocycles. The van der Waals surface area contributed by atoms with Crippen molar-refractivity contribution < 1.29 is 4.39 Å². The molecule has 1 atom stereocenters. The van der Waals surface area contributed by atoms with Gasteiger partial charge in [0, 0.05) is 10.0 Å².